The van der Waals surface area contributed by atoms with Gasteiger partial charge in [-0.25, -0.2) is 0 Å². The lowest BCUT2D eigenvalue weighted by molar-refractivity contribution is -0.118. The van der Waals surface area contributed by atoms with E-state index in [0.717, 1.165) is 22.6 Å². The third-order valence-electron chi connectivity index (χ3n) is 5.26. The monoisotopic (exact) mass is 443 g/mol. The van der Waals surface area contributed by atoms with Crippen LogP contribution in [0.3, 0.4) is 0 Å². The molecule has 1 amide bonds. The molecule has 162 valence electrons. The van der Waals surface area contributed by atoms with Crippen LogP contribution in [0, 0.1) is 20.8 Å². The Labute approximate surface area is 192 Å². The number of thioether (sulfide) groups is 1. The van der Waals surface area contributed by atoms with Crippen molar-refractivity contribution in [1.82, 2.24) is 25.1 Å². The second-order valence-electron chi connectivity index (χ2n) is 7.70. The van der Waals surface area contributed by atoms with Crippen LogP contribution in [0.25, 0.3) is 17.1 Å². The quantitative estimate of drug-likeness (QED) is 0.421. The Kier molecular flexibility index (Phi) is 6.66. The predicted molar refractivity (Wildman–Crippen MR) is 128 cm³/mol. The summed E-state index contributed by atoms with van der Waals surface area (Å²) in [5.41, 5.74) is 6.56. The normalized spacial score (nSPS) is 10.8. The van der Waals surface area contributed by atoms with Gasteiger partial charge in [0.2, 0.25) is 5.91 Å². The van der Waals surface area contributed by atoms with Gasteiger partial charge < -0.3 is 5.32 Å². The Bertz CT molecular complexity index is 1220. The number of hydrogen-bond acceptors (Lipinski definition) is 5. The lowest BCUT2D eigenvalue weighted by atomic mass is 10.1. The highest BCUT2D eigenvalue weighted by Crippen LogP contribution is 2.28. The summed E-state index contributed by atoms with van der Waals surface area (Å²) in [7, 11) is 0. The highest BCUT2D eigenvalue weighted by Gasteiger charge is 2.17. The van der Waals surface area contributed by atoms with Crippen molar-refractivity contribution >= 4 is 17.7 Å². The Balaban J connectivity index is 1.54. The molecule has 0 fully saturated rings. The van der Waals surface area contributed by atoms with Gasteiger partial charge in [0.05, 0.1) is 11.4 Å². The number of nitrogens with zero attached hydrogens (tertiary/aromatic N) is 4. The number of hydrogen-bond donors (Lipinski definition) is 1. The van der Waals surface area contributed by atoms with Gasteiger partial charge in [0.15, 0.2) is 11.0 Å². The van der Waals surface area contributed by atoms with E-state index in [0.29, 0.717) is 11.7 Å². The molecule has 0 aliphatic heterocycles. The number of pyridine rings is 1. The number of aromatic nitrogens is 4. The molecule has 0 aliphatic rings. The first-order valence-electron chi connectivity index (χ1n) is 10.4. The topological polar surface area (TPSA) is 72.7 Å². The lowest BCUT2D eigenvalue weighted by Gasteiger charge is -2.12. The zero-order valence-corrected chi connectivity index (χ0v) is 19.2. The summed E-state index contributed by atoms with van der Waals surface area (Å²) in [6.45, 7) is 6.72. The summed E-state index contributed by atoms with van der Waals surface area (Å²) in [4.78, 5) is 16.6. The van der Waals surface area contributed by atoms with Crippen molar-refractivity contribution in [2.24, 2.45) is 0 Å². The van der Waals surface area contributed by atoms with E-state index in [1.165, 1.54) is 28.5 Å². The average molecular weight is 444 g/mol. The highest BCUT2D eigenvalue weighted by atomic mass is 32.2. The molecule has 4 rings (SSSR count). The Morgan fingerprint density at radius 3 is 2.41 bits per heavy atom. The molecule has 0 atom stereocenters. The van der Waals surface area contributed by atoms with E-state index in [9.17, 15) is 4.79 Å². The van der Waals surface area contributed by atoms with Crippen LogP contribution >= 0.6 is 11.8 Å². The molecule has 1 N–H and O–H groups in total. The van der Waals surface area contributed by atoms with Crippen LogP contribution < -0.4 is 5.32 Å². The minimum atomic E-state index is -0.0457. The second kappa shape index (κ2) is 9.78. The van der Waals surface area contributed by atoms with Crippen LogP contribution in [-0.2, 0) is 11.3 Å². The van der Waals surface area contributed by atoms with Crippen molar-refractivity contribution in [3.8, 4) is 17.1 Å². The predicted octanol–water partition coefficient (Wildman–Crippen LogP) is 4.66. The van der Waals surface area contributed by atoms with E-state index in [4.69, 9.17) is 0 Å². The molecule has 0 aliphatic carbocycles. The van der Waals surface area contributed by atoms with E-state index < -0.39 is 0 Å². The molecule has 2 aromatic carbocycles. The van der Waals surface area contributed by atoms with Crippen molar-refractivity contribution < 1.29 is 4.79 Å². The van der Waals surface area contributed by atoms with Crippen LogP contribution in [0.5, 0.6) is 0 Å². The lowest BCUT2D eigenvalue weighted by Crippen LogP contribution is -2.24. The molecule has 7 heteroatoms. The van der Waals surface area contributed by atoms with Crippen LogP contribution in [0.4, 0.5) is 0 Å². The van der Waals surface area contributed by atoms with Crippen LogP contribution in [0.2, 0.25) is 0 Å². The number of carbonyl (C=O) groups is 1. The van der Waals surface area contributed by atoms with E-state index in [-0.39, 0.29) is 11.7 Å². The van der Waals surface area contributed by atoms with E-state index >= 15 is 0 Å². The van der Waals surface area contributed by atoms with Crippen molar-refractivity contribution in [3.63, 3.8) is 0 Å². The summed E-state index contributed by atoms with van der Waals surface area (Å²) in [5.74, 6) is 0.930. The summed E-state index contributed by atoms with van der Waals surface area (Å²) >= 11 is 1.37. The maximum absolute atomic E-state index is 12.5. The SMILES string of the molecule is Cc1ccc(CNC(=O)CSc2nnc(-c3ccncc3)n2-c2ccc(C)c(C)c2)cc1. The maximum atomic E-state index is 12.5. The molecule has 2 aromatic heterocycles. The van der Waals surface area contributed by atoms with Gasteiger partial charge in [-0.1, -0.05) is 47.7 Å². The first kappa shape index (κ1) is 21.8. The summed E-state index contributed by atoms with van der Waals surface area (Å²) in [6, 6.07) is 18.2. The van der Waals surface area contributed by atoms with Crippen molar-refractivity contribution in [3.05, 3.63) is 89.2 Å². The van der Waals surface area contributed by atoms with Crippen molar-refractivity contribution in [2.45, 2.75) is 32.5 Å². The molecule has 4 aromatic rings. The molecule has 0 spiro atoms. The average Bonchev–Trinajstić information content (AvgIpc) is 3.23. The van der Waals surface area contributed by atoms with Crippen molar-refractivity contribution in [2.75, 3.05) is 5.75 Å². The van der Waals surface area contributed by atoms with Crippen LogP contribution in [0.1, 0.15) is 22.3 Å². The number of nitrogens with one attached hydrogen (secondary N) is 1. The summed E-state index contributed by atoms with van der Waals surface area (Å²) in [5, 5.41) is 12.5. The third kappa shape index (κ3) is 5.06. The largest absolute Gasteiger partial charge is 0.351 e. The molecular formula is C25H25N5OS. The van der Waals surface area contributed by atoms with Crippen LogP contribution in [-0.4, -0.2) is 31.4 Å². The molecule has 32 heavy (non-hydrogen) atoms. The van der Waals surface area contributed by atoms with Gasteiger partial charge in [-0.2, -0.15) is 0 Å². The van der Waals surface area contributed by atoms with Gasteiger partial charge in [0.25, 0.3) is 0 Å². The molecule has 0 radical (unpaired) electrons. The third-order valence-corrected chi connectivity index (χ3v) is 6.19. The van der Waals surface area contributed by atoms with E-state index in [1.54, 1.807) is 12.4 Å². The molecule has 0 unspecified atom stereocenters. The van der Waals surface area contributed by atoms with Crippen molar-refractivity contribution in [1.29, 1.82) is 0 Å². The van der Waals surface area contributed by atoms with Gasteiger partial charge in [-0.05, 0) is 61.7 Å². The Hall–Kier alpha value is -3.45. The fourth-order valence-electron chi connectivity index (χ4n) is 3.24. The number of benzene rings is 2. The number of aryl methyl sites for hydroxylation is 3. The smallest absolute Gasteiger partial charge is 0.230 e. The first-order chi connectivity index (χ1) is 15.5. The Morgan fingerprint density at radius 2 is 1.69 bits per heavy atom. The van der Waals surface area contributed by atoms with Gasteiger partial charge in [-0.15, -0.1) is 10.2 Å². The highest BCUT2D eigenvalue weighted by molar-refractivity contribution is 7.99. The van der Waals surface area contributed by atoms with Gasteiger partial charge in [0, 0.05) is 24.5 Å². The molecule has 0 saturated carbocycles. The zero-order valence-electron chi connectivity index (χ0n) is 18.4. The van der Waals surface area contributed by atoms with Crippen LogP contribution in [0.15, 0.2) is 72.1 Å². The minimum Gasteiger partial charge on any atom is -0.351 e. The molecule has 2 heterocycles. The molecular weight excluding hydrogens is 418 g/mol. The molecule has 0 saturated heterocycles. The standard InChI is InChI=1S/C25H25N5OS/c1-17-4-7-20(8-5-17)15-27-23(31)16-32-25-29-28-24(21-10-12-26-13-11-21)30(25)22-9-6-18(2)19(3)14-22/h4-14H,15-16H2,1-3H3,(H,27,31). The first-order valence-corrected chi connectivity index (χ1v) is 11.4. The summed E-state index contributed by atoms with van der Waals surface area (Å²) < 4.78 is 2.00. The van der Waals surface area contributed by atoms with Gasteiger partial charge in [0.1, 0.15) is 0 Å². The number of carbonyl (C=O) groups excluding carboxylic acids is 1. The number of amides is 1. The second-order valence-corrected chi connectivity index (χ2v) is 8.64. The fourth-order valence-corrected chi connectivity index (χ4v) is 4.02. The minimum absolute atomic E-state index is 0.0457. The maximum Gasteiger partial charge on any atom is 0.230 e. The van der Waals surface area contributed by atoms with E-state index in [1.807, 2.05) is 47.9 Å². The number of rotatable bonds is 7. The fraction of sp³-hybridized carbons (Fsp3) is 0.200. The summed E-state index contributed by atoms with van der Waals surface area (Å²) in [6.07, 6.45) is 3.47. The van der Waals surface area contributed by atoms with Gasteiger partial charge in [-0.3, -0.25) is 14.3 Å². The molecule has 6 nitrogen and oxygen atoms in total. The Morgan fingerprint density at radius 1 is 0.938 bits per heavy atom. The molecule has 0 bridgehead atoms. The van der Waals surface area contributed by atoms with E-state index in [2.05, 4.69) is 52.5 Å². The zero-order chi connectivity index (χ0) is 22.5. The van der Waals surface area contributed by atoms with Gasteiger partial charge >= 0.3 is 0 Å².